The summed E-state index contributed by atoms with van der Waals surface area (Å²) in [4.78, 5) is 21.8. The molecule has 0 N–H and O–H groups in total. The molecule has 2 aromatic heterocycles. The van der Waals surface area contributed by atoms with Crippen LogP contribution in [0, 0.1) is 6.92 Å². The van der Waals surface area contributed by atoms with Crippen LogP contribution in [-0.2, 0) is 6.54 Å². The Morgan fingerprint density at radius 2 is 1.88 bits per heavy atom. The molecule has 0 bridgehead atoms. The molecule has 126 valence electrons. The van der Waals surface area contributed by atoms with Gasteiger partial charge < -0.3 is 4.90 Å². The van der Waals surface area contributed by atoms with Crippen LogP contribution in [0.3, 0.4) is 0 Å². The van der Waals surface area contributed by atoms with Gasteiger partial charge in [0, 0.05) is 18.0 Å². The summed E-state index contributed by atoms with van der Waals surface area (Å²) in [5, 5.41) is 0.726. The van der Waals surface area contributed by atoms with Crippen molar-refractivity contribution in [3.05, 3.63) is 52.6 Å². The van der Waals surface area contributed by atoms with E-state index in [0.29, 0.717) is 6.54 Å². The number of aromatic nitrogens is 2. The quantitative estimate of drug-likeness (QED) is 0.685. The average molecular weight is 341 g/mol. The highest BCUT2D eigenvalue weighted by atomic mass is 32.1. The second-order valence-corrected chi connectivity index (χ2v) is 6.87. The van der Waals surface area contributed by atoms with Gasteiger partial charge in [-0.05, 0) is 31.6 Å². The molecule has 0 fully saturated rings. The summed E-state index contributed by atoms with van der Waals surface area (Å²) >= 11 is 1.59. The van der Waals surface area contributed by atoms with E-state index in [4.69, 9.17) is 0 Å². The molecule has 5 heteroatoms. The van der Waals surface area contributed by atoms with Crippen LogP contribution in [0.15, 0.2) is 41.2 Å². The molecule has 0 saturated carbocycles. The Balaban J connectivity index is 1.99. The van der Waals surface area contributed by atoms with Crippen molar-refractivity contribution in [2.45, 2.75) is 27.3 Å². The molecular weight excluding hydrogens is 318 g/mol. The van der Waals surface area contributed by atoms with Gasteiger partial charge in [0.1, 0.15) is 10.7 Å². The van der Waals surface area contributed by atoms with E-state index in [2.05, 4.69) is 35.9 Å². The number of benzene rings is 1. The zero-order valence-corrected chi connectivity index (χ0v) is 15.3. The van der Waals surface area contributed by atoms with Gasteiger partial charge in [-0.2, -0.15) is 0 Å². The maximum absolute atomic E-state index is 12.9. The van der Waals surface area contributed by atoms with Crippen molar-refractivity contribution in [2.24, 2.45) is 0 Å². The predicted molar refractivity (Wildman–Crippen MR) is 102 cm³/mol. The lowest BCUT2D eigenvalue weighted by molar-refractivity contribution is 0.288. The van der Waals surface area contributed by atoms with Gasteiger partial charge in [-0.15, -0.1) is 11.3 Å². The van der Waals surface area contributed by atoms with Crippen molar-refractivity contribution in [1.82, 2.24) is 14.5 Å². The van der Waals surface area contributed by atoms with Crippen LogP contribution in [0.25, 0.3) is 20.7 Å². The molecule has 2 heterocycles. The summed E-state index contributed by atoms with van der Waals surface area (Å²) in [5.41, 5.74) is 1.20. The Hall–Kier alpha value is -1.98. The summed E-state index contributed by atoms with van der Waals surface area (Å²) in [6.45, 7) is 9.76. The third-order valence-electron chi connectivity index (χ3n) is 4.43. The normalized spacial score (nSPS) is 11.5. The molecule has 0 unspecified atom stereocenters. The van der Waals surface area contributed by atoms with E-state index >= 15 is 0 Å². The lowest BCUT2D eigenvalue weighted by Crippen LogP contribution is -2.32. The summed E-state index contributed by atoms with van der Waals surface area (Å²) in [7, 11) is 0. The van der Waals surface area contributed by atoms with Gasteiger partial charge in [0.05, 0.1) is 5.39 Å². The fraction of sp³-hybridized carbons (Fsp3) is 0.368. The molecule has 0 saturated heterocycles. The van der Waals surface area contributed by atoms with E-state index in [9.17, 15) is 4.79 Å². The highest BCUT2D eigenvalue weighted by molar-refractivity contribution is 7.21. The van der Waals surface area contributed by atoms with E-state index < -0.39 is 0 Å². The molecule has 0 aliphatic rings. The Labute approximate surface area is 146 Å². The van der Waals surface area contributed by atoms with Crippen LogP contribution in [0.1, 0.15) is 19.7 Å². The molecule has 0 aliphatic carbocycles. The van der Waals surface area contributed by atoms with Crippen LogP contribution >= 0.6 is 11.3 Å². The number of hydrogen-bond acceptors (Lipinski definition) is 4. The minimum atomic E-state index is 0.0723. The van der Waals surface area contributed by atoms with Crippen LogP contribution in [0.5, 0.6) is 0 Å². The number of aryl methyl sites for hydroxylation is 1. The minimum Gasteiger partial charge on any atom is -0.302 e. The Morgan fingerprint density at radius 1 is 1.17 bits per heavy atom. The molecule has 1 aromatic carbocycles. The molecule has 0 radical (unpaired) electrons. The monoisotopic (exact) mass is 341 g/mol. The highest BCUT2D eigenvalue weighted by Crippen LogP contribution is 2.30. The largest absolute Gasteiger partial charge is 0.302 e. The van der Waals surface area contributed by atoms with E-state index in [1.807, 2.05) is 35.8 Å². The van der Waals surface area contributed by atoms with Crippen molar-refractivity contribution >= 4 is 21.6 Å². The number of nitrogens with zero attached hydrogens (tertiary/aromatic N) is 3. The van der Waals surface area contributed by atoms with Gasteiger partial charge in [-0.1, -0.05) is 44.2 Å². The third-order valence-corrected chi connectivity index (χ3v) is 5.51. The van der Waals surface area contributed by atoms with E-state index in [1.165, 1.54) is 0 Å². The van der Waals surface area contributed by atoms with Gasteiger partial charge >= 0.3 is 0 Å². The van der Waals surface area contributed by atoms with Gasteiger partial charge in [-0.3, -0.25) is 9.36 Å². The first-order valence-electron chi connectivity index (χ1n) is 8.42. The summed E-state index contributed by atoms with van der Waals surface area (Å²) in [5.74, 6) is 0.793. The third kappa shape index (κ3) is 3.28. The molecule has 0 spiro atoms. The van der Waals surface area contributed by atoms with Crippen LogP contribution in [-0.4, -0.2) is 34.1 Å². The van der Waals surface area contributed by atoms with Crippen molar-refractivity contribution in [2.75, 3.05) is 19.6 Å². The second-order valence-electron chi connectivity index (χ2n) is 5.84. The van der Waals surface area contributed by atoms with Crippen molar-refractivity contribution in [1.29, 1.82) is 0 Å². The molecule has 3 rings (SSSR count). The smallest absolute Gasteiger partial charge is 0.262 e. The maximum atomic E-state index is 12.9. The van der Waals surface area contributed by atoms with Crippen molar-refractivity contribution in [3.8, 4) is 10.4 Å². The number of hydrogen-bond donors (Lipinski definition) is 0. The van der Waals surface area contributed by atoms with Crippen LogP contribution < -0.4 is 5.56 Å². The zero-order valence-electron chi connectivity index (χ0n) is 14.5. The lowest BCUT2D eigenvalue weighted by Gasteiger charge is -2.19. The van der Waals surface area contributed by atoms with Gasteiger partial charge in [0.15, 0.2) is 0 Å². The molecule has 24 heavy (non-hydrogen) atoms. The van der Waals surface area contributed by atoms with E-state index in [1.54, 1.807) is 11.3 Å². The van der Waals surface area contributed by atoms with Gasteiger partial charge in [0.25, 0.3) is 5.56 Å². The Kier molecular flexibility index (Phi) is 5.11. The SMILES string of the molecule is CCN(CC)CCn1c(C)nc2sc(-c3ccccc3)cc2c1=O. The van der Waals surface area contributed by atoms with E-state index in [-0.39, 0.29) is 5.56 Å². The van der Waals surface area contributed by atoms with Crippen LogP contribution in [0.4, 0.5) is 0 Å². The van der Waals surface area contributed by atoms with Crippen molar-refractivity contribution < 1.29 is 0 Å². The zero-order chi connectivity index (χ0) is 17.1. The number of rotatable bonds is 6. The fourth-order valence-corrected chi connectivity index (χ4v) is 3.98. The summed E-state index contributed by atoms with van der Waals surface area (Å²) < 4.78 is 1.81. The number of fused-ring (bicyclic) bond motifs is 1. The second kappa shape index (κ2) is 7.28. The predicted octanol–water partition coefficient (Wildman–Crippen LogP) is 3.78. The average Bonchev–Trinajstić information content (AvgIpc) is 3.03. The first-order valence-corrected chi connectivity index (χ1v) is 9.24. The molecule has 4 nitrogen and oxygen atoms in total. The standard InChI is InChI=1S/C19H23N3OS/c1-4-21(5-2)11-12-22-14(3)20-18-16(19(22)23)13-17(24-18)15-9-7-6-8-10-15/h6-10,13H,4-5,11-12H2,1-3H3. The molecule has 0 amide bonds. The molecule has 3 aromatic rings. The molecular formula is C19H23N3OS. The van der Waals surface area contributed by atoms with Gasteiger partial charge in [-0.25, -0.2) is 4.98 Å². The summed E-state index contributed by atoms with van der Waals surface area (Å²) in [6.07, 6.45) is 0. The maximum Gasteiger partial charge on any atom is 0.262 e. The topological polar surface area (TPSA) is 38.1 Å². The lowest BCUT2D eigenvalue weighted by atomic mass is 10.2. The van der Waals surface area contributed by atoms with E-state index in [0.717, 1.165) is 46.1 Å². The molecule has 0 atom stereocenters. The Bertz CT molecular complexity index is 879. The number of likely N-dealkylation sites (N-methyl/N-ethyl adjacent to an activating group) is 1. The first-order chi connectivity index (χ1) is 11.6. The molecule has 0 aliphatic heterocycles. The Morgan fingerprint density at radius 3 is 2.54 bits per heavy atom. The van der Waals surface area contributed by atoms with Gasteiger partial charge in [0.2, 0.25) is 0 Å². The highest BCUT2D eigenvalue weighted by Gasteiger charge is 2.13. The summed E-state index contributed by atoms with van der Waals surface area (Å²) in [6, 6.07) is 12.1. The first kappa shape index (κ1) is 16.9. The minimum absolute atomic E-state index is 0.0723. The van der Waals surface area contributed by atoms with Crippen LogP contribution in [0.2, 0.25) is 0 Å². The fourth-order valence-electron chi connectivity index (χ4n) is 2.91. The number of thiophene rings is 1. The van der Waals surface area contributed by atoms with Crippen molar-refractivity contribution in [3.63, 3.8) is 0 Å².